The monoisotopic (exact) mass is 482 g/mol. The molecule has 1 aliphatic rings. The van der Waals surface area contributed by atoms with Crippen molar-refractivity contribution in [1.29, 1.82) is 0 Å². The molecule has 36 heavy (non-hydrogen) atoms. The van der Waals surface area contributed by atoms with Crippen LogP contribution in [0.2, 0.25) is 0 Å². The molecule has 1 amide bonds. The number of methoxy groups -OCH3 is 2. The van der Waals surface area contributed by atoms with Crippen LogP contribution in [0.5, 0.6) is 11.5 Å². The maximum atomic E-state index is 13.4. The fourth-order valence-electron chi connectivity index (χ4n) is 4.70. The number of carbonyl (C=O) groups excluding carboxylic acids is 1. The number of benzene rings is 3. The van der Waals surface area contributed by atoms with Crippen molar-refractivity contribution < 1.29 is 14.3 Å². The summed E-state index contributed by atoms with van der Waals surface area (Å²) in [7, 11) is 5.12. The Bertz CT molecular complexity index is 1340. The number of anilines is 1. The van der Waals surface area contributed by atoms with Gasteiger partial charge in [-0.05, 0) is 59.5 Å². The van der Waals surface area contributed by atoms with E-state index in [9.17, 15) is 4.79 Å². The highest BCUT2D eigenvalue weighted by Crippen LogP contribution is 2.30. The topological polar surface area (TPSA) is 68.6 Å². The zero-order valence-corrected chi connectivity index (χ0v) is 20.8. The van der Waals surface area contributed by atoms with Gasteiger partial charge < -0.3 is 24.3 Å². The second kappa shape index (κ2) is 10.2. The summed E-state index contributed by atoms with van der Waals surface area (Å²) >= 11 is 0. The molecule has 0 bridgehead atoms. The smallest absolute Gasteiger partial charge is 0.252 e. The molecule has 7 heteroatoms. The summed E-state index contributed by atoms with van der Waals surface area (Å²) < 4.78 is 12.8. The Balaban J connectivity index is 1.38. The van der Waals surface area contributed by atoms with E-state index in [2.05, 4.69) is 39.5 Å². The lowest BCUT2D eigenvalue weighted by Crippen LogP contribution is -2.32. The first kappa shape index (κ1) is 23.5. The Kier molecular flexibility index (Phi) is 6.62. The van der Waals surface area contributed by atoms with E-state index < -0.39 is 6.04 Å². The van der Waals surface area contributed by atoms with Crippen molar-refractivity contribution in [3.05, 3.63) is 107 Å². The number of fused-ring (bicyclic) bond motifs is 1. The van der Waals surface area contributed by atoms with Gasteiger partial charge in [0, 0.05) is 49.8 Å². The fourth-order valence-corrected chi connectivity index (χ4v) is 4.70. The highest BCUT2D eigenvalue weighted by molar-refractivity contribution is 5.95. The Morgan fingerprint density at radius 3 is 2.31 bits per heavy atom. The van der Waals surface area contributed by atoms with Crippen molar-refractivity contribution in [1.82, 2.24) is 14.9 Å². The van der Waals surface area contributed by atoms with Crippen molar-refractivity contribution in [2.45, 2.75) is 19.0 Å². The van der Waals surface area contributed by atoms with Gasteiger partial charge in [0.1, 0.15) is 23.4 Å². The molecule has 3 aromatic carbocycles. The fraction of sp³-hybridized carbons (Fsp3) is 0.241. The average molecular weight is 483 g/mol. The van der Waals surface area contributed by atoms with Crippen LogP contribution < -0.4 is 19.7 Å². The van der Waals surface area contributed by atoms with E-state index in [1.54, 1.807) is 26.5 Å². The van der Waals surface area contributed by atoms with Crippen LogP contribution in [0.4, 0.5) is 5.69 Å². The third-order valence-corrected chi connectivity index (χ3v) is 6.72. The van der Waals surface area contributed by atoms with Gasteiger partial charge in [-0.25, -0.2) is 4.98 Å². The third kappa shape index (κ3) is 4.77. The lowest BCUT2D eigenvalue weighted by Gasteiger charge is -2.30. The molecule has 184 valence electrons. The minimum atomic E-state index is -0.486. The van der Waals surface area contributed by atoms with E-state index in [1.165, 1.54) is 11.1 Å². The maximum absolute atomic E-state index is 13.4. The van der Waals surface area contributed by atoms with Crippen LogP contribution in [0.15, 0.2) is 79.1 Å². The highest BCUT2D eigenvalue weighted by atomic mass is 16.5. The van der Waals surface area contributed by atoms with Gasteiger partial charge in [-0.15, -0.1) is 0 Å². The molecule has 4 aromatic rings. The van der Waals surface area contributed by atoms with E-state index in [1.807, 2.05) is 54.2 Å². The Hall–Kier alpha value is -4.26. The van der Waals surface area contributed by atoms with Gasteiger partial charge in [0.05, 0.1) is 14.2 Å². The number of nitrogens with one attached hydrogen (secondary N) is 1. The summed E-state index contributed by atoms with van der Waals surface area (Å²) in [5.74, 6) is 1.82. The van der Waals surface area contributed by atoms with Gasteiger partial charge in [-0.3, -0.25) is 4.79 Å². The number of carbonyl (C=O) groups is 1. The molecule has 0 aliphatic carbocycles. The minimum Gasteiger partial charge on any atom is -0.497 e. The van der Waals surface area contributed by atoms with E-state index in [4.69, 9.17) is 9.47 Å². The SMILES string of the molecule is COc1cc(OC)cc(C(NC(=O)c2ccc(N3CCc4ccccc4C3)cc2)c2nccn2C)c1. The van der Waals surface area contributed by atoms with E-state index in [0.29, 0.717) is 22.9 Å². The molecular weight excluding hydrogens is 452 g/mol. The second-order valence-corrected chi connectivity index (χ2v) is 8.94. The van der Waals surface area contributed by atoms with E-state index >= 15 is 0 Å². The van der Waals surface area contributed by atoms with Crippen LogP contribution in [-0.4, -0.2) is 36.2 Å². The van der Waals surface area contributed by atoms with Gasteiger partial charge in [0.2, 0.25) is 0 Å². The highest BCUT2D eigenvalue weighted by Gasteiger charge is 2.23. The number of amides is 1. The number of aryl methyl sites for hydroxylation is 1. The Morgan fingerprint density at radius 2 is 1.67 bits per heavy atom. The molecule has 0 fully saturated rings. The molecule has 7 nitrogen and oxygen atoms in total. The number of aromatic nitrogens is 2. The molecule has 1 aromatic heterocycles. The minimum absolute atomic E-state index is 0.180. The second-order valence-electron chi connectivity index (χ2n) is 8.94. The number of ether oxygens (including phenoxy) is 2. The summed E-state index contributed by atoms with van der Waals surface area (Å²) in [6.45, 7) is 1.84. The van der Waals surface area contributed by atoms with Crippen LogP contribution in [0.1, 0.15) is 38.9 Å². The van der Waals surface area contributed by atoms with E-state index in [-0.39, 0.29) is 5.91 Å². The lowest BCUT2D eigenvalue weighted by atomic mass is 9.99. The third-order valence-electron chi connectivity index (χ3n) is 6.72. The zero-order chi connectivity index (χ0) is 25.1. The van der Waals surface area contributed by atoms with Crippen molar-refractivity contribution in [2.24, 2.45) is 7.05 Å². The molecule has 1 atom stereocenters. The van der Waals surface area contributed by atoms with Crippen molar-refractivity contribution >= 4 is 11.6 Å². The maximum Gasteiger partial charge on any atom is 0.252 e. The first-order chi connectivity index (χ1) is 17.6. The van der Waals surface area contributed by atoms with Crippen LogP contribution in [0.3, 0.4) is 0 Å². The first-order valence-corrected chi connectivity index (χ1v) is 12.0. The van der Waals surface area contributed by atoms with Crippen molar-refractivity contribution in [3.8, 4) is 11.5 Å². The molecule has 2 heterocycles. The summed E-state index contributed by atoms with van der Waals surface area (Å²) in [4.78, 5) is 20.2. The predicted molar refractivity (Wildman–Crippen MR) is 140 cm³/mol. The van der Waals surface area contributed by atoms with Gasteiger partial charge >= 0.3 is 0 Å². The summed E-state index contributed by atoms with van der Waals surface area (Å²) in [5, 5.41) is 3.16. The van der Waals surface area contributed by atoms with Gasteiger partial charge in [-0.1, -0.05) is 24.3 Å². The average Bonchev–Trinajstić information content (AvgIpc) is 3.36. The molecule has 0 saturated heterocycles. The van der Waals surface area contributed by atoms with Crippen LogP contribution in [0.25, 0.3) is 0 Å². The molecule has 0 radical (unpaired) electrons. The zero-order valence-electron chi connectivity index (χ0n) is 20.8. The summed E-state index contributed by atoms with van der Waals surface area (Å²) in [6, 6.07) is 21.5. The standard InChI is InChI=1S/C29H30N4O3/c1-32-15-13-30-28(32)27(23-16-25(35-2)18-26(17-23)36-3)31-29(34)21-8-10-24(11-9-21)33-14-12-20-6-4-5-7-22(20)19-33/h4-11,13,15-18,27H,12,14,19H2,1-3H3,(H,31,34). The number of imidazole rings is 1. The van der Waals surface area contributed by atoms with Gasteiger partial charge in [0.15, 0.2) is 0 Å². The number of rotatable bonds is 7. The van der Waals surface area contributed by atoms with Gasteiger partial charge in [-0.2, -0.15) is 0 Å². The molecule has 1 aliphatic heterocycles. The predicted octanol–water partition coefficient (Wildman–Crippen LogP) is 4.52. The Labute approximate surface area is 211 Å². The van der Waals surface area contributed by atoms with Crippen LogP contribution in [0, 0.1) is 0 Å². The molecule has 5 rings (SSSR count). The number of hydrogen-bond acceptors (Lipinski definition) is 5. The number of hydrogen-bond donors (Lipinski definition) is 1. The quantitative estimate of drug-likeness (QED) is 0.420. The first-order valence-electron chi connectivity index (χ1n) is 12.0. The molecule has 0 saturated carbocycles. The largest absolute Gasteiger partial charge is 0.497 e. The molecule has 1 N–H and O–H groups in total. The van der Waals surface area contributed by atoms with Crippen molar-refractivity contribution in [3.63, 3.8) is 0 Å². The van der Waals surface area contributed by atoms with Gasteiger partial charge in [0.25, 0.3) is 5.91 Å². The van der Waals surface area contributed by atoms with Crippen LogP contribution >= 0.6 is 0 Å². The molecule has 0 spiro atoms. The molecular formula is C29H30N4O3. The summed E-state index contributed by atoms with van der Waals surface area (Å²) in [5.41, 5.74) is 5.29. The Morgan fingerprint density at radius 1 is 0.972 bits per heavy atom. The van der Waals surface area contributed by atoms with Crippen molar-refractivity contribution in [2.75, 3.05) is 25.7 Å². The lowest BCUT2D eigenvalue weighted by molar-refractivity contribution is 0.0941. The normalized spacial score (nSPS) is 13.6. The summed E-state index contributed by atoms with van der Waals surface area (Å²) in [6.07, 6.45) is 4.60. The number of nitrogens with zero attached hydrogens (tertiary/aromatic N) is 3. The van der Waals surface area contributed by atoms with E-state index in [0.717, 1.165) is 30.8 Å². The molecule has 1 unspecified atom stereocenters. The van der Waals surface area contributed by atoms with Crippen LogP contribution in [-0.2, 0) is 20.0 Å².